The van der Waals surface area contributed by atoms with Crippen molar-refractivity contribution in [3.63, 3.8) is 0 Å². The lowest BCUT2D eigenvalue weighted by atomic mass is 10.0. The average molecular weight is 377 g/mol. The maximum Gasteiger partial charge on any atom is 0.242 e. The number of ether oxygens (including phenoxy) is 1. The molecular formula is C21H36N4O2. The molecule has 6 heteroatoms. The number of guanidine groups is 1. The van der Waals surface area contributed by atoms with E-state index in [1.165, 1.54) is 0 Å². The van der Waals surface area contributed by atoms with Crippen LogP contribution in [0.3, 0.4) is 0 Å². The number of amides is 1. The van der Waals surface area contributed by atoms with Crippen LogP contribution in [0.25, 0.3) is 0 Å². The molecule has 0 aromatic heterocycles. The summed E-state index contributed by atoms with van der Waals surface area (Å²) in [6.07, 6.45) is 1.12. The summed E-state index contributed by atoms with van der Waals surface area (Å²) in [5.41, 5.74) is 1.13. The highest BCUT2D eigenvalue weighted by Gasteiger charge is 2.14. The zero-order chi connectivity index (χ0) is 20.1. The first-order valence-corrected chi connectivity index (χ1v) is 9.89. The van der Waals surface area contributed by atoms with Gasteiger partial charge in [-0.15, -0.1) is 0 Å². The van der Waals surface area contributed by atoms with Gasteiger partial charge in [0.2, 0.25) is 5.91 Å². The number of hydrogen-bond acceptors (Lipinski definition) is 3. The molecule has 2 N–H and O–H groups in total. The monoisotopic (exact) mass is 376 g/mol. The van der Waals surface area contributed by atoms with E-state index in [0.29, 0.717) is 25.0 Å². The first-order valence-electron chi connectivity index (χ1n) is 9.89. The third-order valence-corrected chi connectivity index (χ3v) is 4.43. The average Bonchev–Trinajstić information content (AvgIpc) is 2.68. The van der Waals surface area contributed by atoms with Crippen LogP contribution in [0.15, 0.2) is 35.3 Å². The summed E-state index contributed by atoms with van der Waals surface area (Å²) in [4.78, 5) is 18.5. The number of rotatable bonds is 11. The van der Waals surface area contributed by atoms with Crippen LogP contribution in [-0.2, 0) is 16.1 Å². The van der Waals surface area contributed by atoms with E-state index in [9.17, 15) is 4.79 Å². The lowest BCUT2D eigenvalue weighted by molar-refractivity contribution is -0.130. The molecule has 6 nitrogen and oxygen atoms in total. The smallest absolute Gasteiger partial charge is 0.242 e. The molecule has 0 heterocycles. The Hall–Kier alpha value is -2.08. The van der Waals surface area contributed by atoms with Gasteiger partial charge in [0.05, 0.1) is 12.6 Å². The molecule has 1 atom stereocenters. The predicted octanol–water partition coefficient (Wildman–Crippen LogP) is 2.65. The second kappa shape index (κ2) is 13.1. The van der Waals surface area contributed by atoms with Gasteiger partial charge in [0.25, 0.3) is 0 Å². The van der Waals surface area contributed by atoms with Crippen molar-refractivity contribution in [2.45, 2.75) is 46.8 Å². The van der Waals surface area contributed by atoms with Gasteiger partial charge in [-0.25, -0.2) is 0 Å². The first kappa shape index (κ1) is 23.0. The standard InChI is InChI=1S/C21H36N4O2/c1-6-25(16-18-11-9-8-10-12-18)20(26)15-24-21(22-5)23-14-13-19(17(3)4)27-7-2/h8-12,17,19H,6-7,13-16H2,1-5H3,(H2,22,23,24). The van der Waals surface area contributed by atoms with Crippen LogP contribution < -0.4 is 10.6 Å². The third-order valence-electron chi connectivity index (χ3n) is 4.43. The van der Waals surface area contributed by atoms with Crippen molar-refractivity contribution in [3.05, 3.63) is 35.9 Å². The molecule has 0 saturated carbocycles. The van der Waals surface area contributed by atoms with E-state index in [1.807, 2.05) is 49.1 Å². The number of carbonyl (C=O) groups excluding carboxylic acids is 1. The highest BCUT2D eigenvalue weighted by Crippen LogP contribution is 2.09. The van der Waals surface area contributed by atoms with E-state index in [1.54, 1.807) is 7.05 Å². The maximum absolute atomic E-state index is 12.5. The summed E-state index contributed by atoms with van der Waals surface area (Å²) >= 11 is 0. The summed E-state index contributed by atoms with van der Waals surface area (Å²) in [6, 6.07) is 10.0. The molecule has 0 aliphatic rings. The van der Waals surface area contributed by atoms with Gasteiger partial charge in [0, 0.05) is 33.3 Å². The number of benzene rings is 1. The Labute approximate surface area is 164 Å². The van der Waals surface area contributed by atoms with Crippen LogP contribution in [0.1, 0.15) is 39.7 Å². The molecule has 1 unspecified atom stereocenters. The Morgan fingerprint density at radius 1 is 1.19 bits per heavy atom. The van der Waals surface area contributed by atoms with Crippen molar-refractivity contribution >= 4 is 11.9 Å². The minimum Gasteiger partial charge on any atom is -0.378 e. The molecule has 1 aromatic carbocycles. The van der Waals surface area contributed by atoms with Gasteiger partial charge >= 0.3 is 0 Å². The molecule has 0 saturated heterocycles. The zero-order valence-corrected chi connectivity index (χ0v) is 17.5. The third kappa shape index (κ3) is 8.91. The number of likely N-dealkylation sites (N-methyl/N-ethyl adjacent to an activating group) is 1. The number of hydrogen-bond donors (Lipinski definition) is 2. The molecule has 1 rings (SSSR count). The molecule has 0 fully saturated rings. The first-order chi connectivity index (χ1) is 13.0. The largest absolute Gasteiger partial charge is 0.378 e. The van der Waals surface area contributed by atoms with Gasteiger partial charge in [-0.05, 0) is 31.7 Å². The molecule has 1 amide bonds. The Kier molecular flexibility index (Phi) is 11.2. The fourth-order valence-corrected chi connectivity index (χ4v) is 2.83. The van der Waals surface area contributed by atoms with E-state index in [4.69, 9.17) is 4.74 Å². The lowest BCUT2D eigenvalue weighted by Crippen LogP contribution is -2.45. The van der Waals surface area contributed by atoms with E-state index < -0.39 is 0 Å². The Bertz CT molecular complexity index is 561. The fourth-order valence-electron chi connectivity index (χ4n) is 2.83. The van der Waals surface area contributed by atoms with Gasteiger partial charge in [-0.2, -0.15) is 0 Å². The van der Waals surface area contributed by atoms with E-state index >= 15 is 0 Å². The van der Waals surface area contributed by atoms with Crippen LogP contribution in [0.2, 0.25) is 0 Å². The predicted molar refractivity (Wildman–Crippen MR) is 112 cm³/mol. The van der Waals surface area contributed by atoms with Gasteiger partial charge in [-0.1, -0.05) is 44.2 Å². The van der Waals surface area contributed by atoms with E-state index in [0.717, 1.165) is 25.1 Å². The number of carbonyl (C=O) groups is 1. The van der Waals surface area contributed by atoms with Crippen molar-refractivity contribution < 1.29 is 9.53 Å². The van der Waals surface area contributed by atoms with Crippen molar-refractivity contribution in [3.8, 4) is 0 Å². The van der Waals surface area contributed by atoms with Crippen molar-refractivity contribution in [2.75, 3.05) is 33.3 Å². The van der Waals surface area contributed by atoms with Crippen LogP contribution >= 0.6 is 0 Å². The molecule has 0 radical (unpaired) electrons. The van der Waals surface area contributed by atoms with Gasteiger partial charge in [-0.3, -0.25) is 9.79 Å². The summed E-state index contributed by atoms with van der Waals surface area (Å²) < 4.78 is 5.76. The number of aliphatic imine (C=N–C) groups is 1. The topological polar surface area (TPSA) is 66.0 Å². The number of nitrogens with one attached hydrogen (secondary N) is 2. The lowest BCUT2D eigenvalue weighted by Gasteiger charge is -2.23. The van der Waals surface area contributed by atoms with E-state index in [-0.39, 0.29) is 18.6 Å². The second-order valence-corrected chi connectivity index (χ2v) is 6.77. The molecular weight excluding hydrogens is 340 g/mol. The molecule has 0 aliphatic heterocycles. The van der Waals surface area contributed by atoms with Gasteiger partial charge in [0.1, 0.15) is 0 Å². The normalized spacial score (nSPS) is 12.7. The summed E-state index contributed by atoms with van der Waals surface area (Å²) in [6.45, 7) is 11.3. The number of nitrogens with zero attached hydrogens (tertiary/aromatic N) is 2. The zero-order valence-electron chi connectivity index (χ0n) is 17.5. The van der Waals surface area contributed by atoms with Crippen molar-refractivity contribution in [2.24, 2.45) is 10.9 Å². The molecule has 0 spiro atoms. The second-order valence-electron chi connectivity index (χ2n) is 6.77. The van der Waals surface area contributed by atoms with E-state index in [2.05, 4.69) is 29.5 Å². The minimum absolute atomic E-state index is 0.0543. The SMILES string of the molecule is CCOC(CCNC(=NC)NCC(=O)N(CC)Cc1ccccc1)C(C)C. The quantitative estimate of drug-likeness (QED) is 0.460. The Balaban J connectivity index is 2.42. The van der Waals surface area contributed by atoms with Crippen molar-refractivity contribution in [1.29, 1.82) is 0 Å². The van der Waals surface area contributed by atoms with Crippen LogP contribution in [0.5, 0.6) is 0 Å². The summed E-state index contributed by atoms with van der Waals surface area (Å²) in [7, 11) is 1.71. The Morgan fingerprint density at radius 2 is 1.89 bits per heavy atom. The van der Waals surface area contributed by atoms with Crippen LogP contribution in [0, 0.1) is 5.92 Å². The fraction of sp³-hybridized carbons (Fsp3) is 0.619. The summed E-state index contributed by atoms with van der Waals surface area (Å²) in [5.74, 6) is 1.16. The molecule has 27 heavy (non-hydrogen) atoms. The van der Waals surface area contributed by atoms with Crippen LogP contribution in [0.4, 0.5) is 0 Å². The maximum atomic E-state index is 12.5. The minimum atomic E-state index is 0.0543. The van der Waals surface area contributed by atoms with Gasteiger partial charge < -0.3 is 20.3 Å². The highest BCUT2D eigenvalue weighted by atomic mass is 16.5. The van der Waals surface area contributed by atoms with Crippen molar-refractivity contribution in [1.82, 2.24) is 15.5 Å². The molecule has 0 bridgehead atoms. The molecule has 0 aliphatic carbocycles. The molecule has 152 valence electrons. The van der Waals surface area contributed by atoms with Crippen LogP contribution in [-0.4, -0.2) is 56.2 Å². The molecule has 1 aromatic rings. The summed E-state index contributed by atoms with van der Waals surface area (Å²) in [5, 5.41) is 6.37. The highest BCUT2D eigenvalue weighted by molar-refractivity contribution is 5.86. The van der Waals surface area contributed by atoms with Gasteiger partial charge in [0.15, 0.2) is 5.96 Å². The Morgan fingerprint density at radius 3 is 2.44 bits per heavy atom.